The van der Waals surface area contributed by atoms with Crippen molar-refractivity contribution in [2.75, 3.05) is 16.0 Å². The molecule has 0 saturated heterocycles. The van der Waals surface area contributed by atoms with E-state index < -0.39 is 5.97 Å². The van der Waals surface area contributed by atoms with Crippen LogP contribution in [0.25, 0.3) is 0 Å². The summed E-state index contributed by atoms with van der Waals surface area (Å²) in [4.78, 5) is 10.3. The van der Waals surface area contributed by atoms with Crippen molar-refractivity contribution in [1.29, 1.82) is 0 Å². The minimum absolute atomic E-state index is 0.0262. The lowest BCUT2D eigenvalue weighted by Gasteiger charge is -2.26. The highest BCUT2D eigenvalue weighted by Crippen LogP contribution is 2.30. The van der Waals surface area contributed by atoms with E-state index in [1.807, 2.05) is 0 Å². The Morgan fingerprint density at radius 2 is 1.58 bits per heavy atom. The second kappa shape index (κ2) is 6.38. The van der Waals surface area contributed by atoms with Crippen LogP contribution >= 0.6 is 47.8 Å². The minimum Gasteiger partial charge on any atom is -0.481 e. The molecule has 1 N–H and O–H groups in total. The Balaban J connectivity index is 4.01. The number of carboxylic acids is 1. The molecule has 5 heteroatoms. The van der Waals surface area contributed by atoms with Crippen LogP contribution in [0.15, 0.2) is 0 Å². The fourth-order valence-electron chi connectivity index (χ4n) is 0.680. The van der Waals surface area contributed by atoms with E-state index in [4.69, 9.17) is 5.11 Å². The average Bonchev–Trinajstić information content (AvgIpc) is 2.08. The predicted octanol–water partition coefficient (Wildman–Crippen LogP) is 3.02. The van der Waals surface area contributed by atoms with Crippen molar-refractivity contribution in [2.24, 2.45) is 5.41 Å². The van der Waals surface area contributed by atoms with Crippen molar-refractivity contribution in [1.82, 2.24) is 0 Å². The molecule has 0 radical (unpaired) electrons. The Hall–Kier alpha value is 0.910. The monoisotopic (exact) mass is 364 g/mol. The summed E-state index contributed by atoms with van der Waals surface area (Å²) in [6, 6.07) is 0. The fourth-order valence-corrected chi connectivity index (χ4v) is 4.31. The molecule has 0 rings (SSSR count). The molecule has 12 heavy (non-hydrogen) atoms. The van der Waals surface area contributed by atoms with Crippen molar-refractivity contribution in [3.63, 3.8) is 0 Å². The van der Waals surface area contributed by atoms with Gasteiger partial charge < -0.3 is 5.11 Å². The molecule has 0 aliphatic heterocycles. The van der Waals surface area contributed by atoms with Gasteiger partial charge in [0, 0.05) is 22.4 Å². The maximum absolute atomic E-state index is 10.3. The van der Waals surface area contributed by atoms with Crippen molar-refractivity contribution in [3.05, 3.63) is 0 Å². The van der Waals surface area contributed by atoms with Gasteiger partial charge in [-0.3, -0.25) is 4.79 Å². The summed E-state index contributed by atoms with van der Waals surface area (Å²) in [5.74, 6) is -0.734. The average molecular weight is 367 g/mol. The van der Waals surface area contributed by atoms with Crippen LogP contribution in [0, 0.1) is 5.41 Å². The van der Waals surface area contributed by atoms with Gasteiger partial charge in [-0.15, -0.1) is 0 Å². The van der Waals surface area contributed by atoms with Crippen molar-refractivity contribution in [3.8, 4) is 0 Å². The summed E-state index contributed by atoms with van der Waals surface area (Å²) in [5.41, 5.74) is 0.0262. The zero-order valence-corrected chi connectivity index (χ0v) is 11.3. The summed E-state index contributed by atoms with van der Waals surface area (Å²) < 4.78 is 0. The highest BCUT2D eigenvalue weighted by atomic mass is 79.9. The van der Waals surface area contributed by atoms with Gasteiger partial charge in [-0.2, -0.15) is 0 Å². The SMILES string of the molecule is O=C(O)CCC(CBr)(CBr)CBr. The molecule has 0 aliphatic carbocycles. The molecule has 0 bridgehead atoms. The Morgan fingerprint density at radius 3 is 1.83 bits per heavy atom. The molecule has 0 fully saturated rings. The predicted molar refractivity (Wildman–Crippen MR) is 60.7 cm³/mol. The van der Waals surface area contributed by atoms with Gasteiger partial charge in [0.25, 0.3) is 0 Å². The van der Waals surface area contributed by atoms with Gasteiger partial charge in [-0.05, 0) is 11.8 Å². The van der Waals surface area contributed by atoms with Gasteiger partial charge in [0.15, 0.2) is 0 Å². The molecule has 0 aliphatic rings. The molecule has 0 unspecified atom stereocenters. The largest absolute Gasteiger partial charge is 0.481 e. The first-order valence-corrected chi connectivity index (χ1v) is 6.86. The first kappa shape index (κ1) is 12.9. The molecular weight excluding hydrogens is 356 g/mol. The molecule has 0 spiro atoms. The minimum atomic E-state index is -0.734. The Kier molecular flexibility index (Phi) is 6.86. The molecule has 2 nitrogen and oxygen atoms in total. The van der Waals surface area contributed by atoms with Crippen LogP contribution in [-0.4, -0.2) is 27.1 Å². The van der Waals surface area contributed by atoms with Crippen LogP contribution in [0.2, 0.25) is 0 Å². The number of carbonyl (C=O) groups is 1. The van der Waals surface area contributed by atoms with E-state index >= 15 is 0 Å². The maximum Gasteiger partial charge on any atom is 0.303 e. The lowest BCUT2D eigenvalue weighted by molar-refractivity contribution is -0.137. The second-order valence-electron chi connectivity index (χ2n) is 2.79. The summed E-state index contributed by atoms with van der Waals surface area (Å²) in [7, 11) is 0. The van der Waals surface area contributed by atoms with E-state index in [0.717, 1.165) is 16.0 Å². The molecule has 0 heterocycles. The van der Waals surface area contributed by atoms with Gasteiger partial charge in [0.2, 0.25) is 0 Å². The molecule has 0 amide bonds. The number of halogens is 3. The summed E-state index contributed by atoms with van der Waals surface area (Å²) >= 11 is 10.2. The van der Waals surface area contributed by atoms with Crippen LogP contribution in [0.5, 0.6) is 0 Å². The van der Waals surface area contributed by atoms with Crippen LogP contribution in [0.4, 0.5) is 0 Å². The molecular formula is C7H11Br3O2. The summed E-state index contributed by atoms with van der Waals surface area (Å²) in [6.07, 6.45) is 0.910. The third-order valence-electron chi connectivity index (χ3n) is 1.72. The van der Waals surface area contributed by atoms with E-state index in [9.17, 15) is 4.79 Å². The highest BCUT2D eigenvalue weighted by molar-refractivity contribution is 9.10. The smallest absolute Gasteiger partial charge is 0.303 e. The van der Waals surface area contributed by atoms with Gasteiger partial charge >= 0.3 is 5.97 Å². The highest BCUT2D eigenvalue weighted by Gasteiger charge is 2.27. The van der Waals surface area contributed by atoms with Crippen molar-refractivity contribution >= 4 is 53.8 Å². The van der Waals surface area contributed by atoms with E-state index in [0.29, 0.717) is 6.42 Å². The lowest BCUT2D eigenvalue weighted by Crippen LogP contribution is -2.27. The zero-order valence-electron chi connectivity index (χ0n) is 6.52. The van der Waals surface area contributed by atoms with Crippen LogP contribution in [0.1, 0.15) is 12.8 Å². The Bertz CT molecular complexity index is 137. The normalized spacial score (nSPS) is 11.6. The third-order valence-corrected chi connectivity index (χ3v) is 5.29. The molecule has 0 aromatic carbocycles. The number of hydrogen-bond donors (Lipinski definition) is 1. The Labute approximate surface area is 97.5 Å². The summed E-state index contributed by atoms with van der Waals surface area (Å²) in [6.45, 7) is 0. The van der Waals surface area contributed by atoms with E-state index in [2.05, 4.69) is 47.8 Å². The van der Waals surface area contributed by atoms with E-state index in [1.54, 1.807) is 0 Å². The van der Waals surface area contributed by atoms with Crippen molar-refractivity contribution in [2.45, 2.75) is 12.8 Å². The van der Waals surface area contributed by atoms with Gasteiger partial charge in [0.05, 0.1) is 0 Å². The molecule has 0 aromatic rings. The molecule has 0 atom stereocenters. The van der Waals surface area contributed by atoms with Crippen molar-refractivity contribution < 1.29 is 9.90 Å². The van der Waals surface area contributed by atoms with Crippen LogP contribution in [-0.2, 0) is 4.79 Å². The van der Waals surface area contributed by atoms with Gasteiger partial charge in [-0.25, -0.2) is 0 Å². The van der Waals surface area contributed by atoms with Crippen LogP contribution < -0.4 is 0 Å². The quantitative estimate of drug-likeness (QED) is 0.734. The first-order valence-electron chi connectivity index (χ1n) is 3.50. The van der Waals surface area contributed by atoms with Gasteiger partial charge in [-0.1, -0.05) is 47.8 Å². The standard InChI is InChI=1S/C7H11Br3O2/c8-3-7(4-9,5-10)2-1-6(11)12/h1-5H2,(H,11,12). The molecule has 0 saturated carbocycles. The van der Waals surface area contributed by atoms with Crippen LogP contribution in [0.3, 0.4) is 0 Å². The number of aliphatic carboxylic acids is 1. The maximum atomic E-state index is 10.3. The fraction of sp³-hybridized carbons (Fsp3) is 0.857. The van der Waals surface area contributed by atoms with Gasteiger partial charge in [0.1, 0.15) is 0 Å². The third kappa shape index (κ3) is 4.23. The lowest BCUT2D eigenvalue weighted by atomic mass is 9.90. The number of hydrogen-bond acceptors (Lipinski definition) is 1. The number of rotatable bonds is 6. The Morgan fingerprint density at radius 1 is 1.17 bits per heavy atom. The molecule has 72 valence electrons. The van der Waals surface area contributed by atoms with E-state index in [-0.39, 0.29) is 11.8 Å². The first-order chi connectivity index (χ1) is 5.60. The zero-order chi connectivity index (χ0) is 9.61. The molecule has 0 aromatic heterocycles. The summed E-state index contributed by atoms with van der Waals surface area (Å²) in [5, 5.41) is 10.9. The second-order valence-corrected chi connectivity index (χ2v) is 4.48. The topological polar surface area (TPSA) is 37.3 Å². The number of alkyl halides is 3. The van der Waals surface area contributed by atoms with E-state index in [1.165, 1.54) is 0 Å². The number of carboxylic acid groups (broad SMARTS) is 1.